The average Bonchev–Trinajstić information content (AvgIpc) is 2.71. The Morgan fingerprint density at radius 2 is 2.22 bits per heavy atom. The number of nitrogens with two attached hydrogens (primary N) is 1. The van der Waals surface area contributed by atoms with E-state index in [1.807, 2.05) is 42.9 Å². The summed E-state index contributed by atoms with van der Waals surface area (Å²) in [5, 5.41) is 0.605. The zero-order chi connectivity index (χ0) is 13.1. The highest BCUT2D eigenvalue weighted by molar-refractivity contribution is 6.32. The summed E-state index contributed by atoms with van der Waals surface area (Å²) in [4.78, 5) is 4.37. The first-order valence-corrected chi connectivity index (χ1v) is 6.08. The highest BCUT2D eigenvalue weighted by Crippen LogP contribution is 2.25. The maximum atomic E-state index is 6.06. The van der Waals surface area contributed by atoms with Crippen LogP contribution in [0.1, 0.15) is 17.1 Å². The molecule has 0 bridgehead atoms. The van der Waals surface area contributed by atoms with Crippen LogP contribution in [0.2, 0.25) is 5.02 Å². The third-order valence-corrected chi connectivity index (χ3v) is 2.99. The Morgan fingerprint density at radius 3 is 2.89 bits per heavy atom. The van der Waals surface area contributed by atoms with Gasteiger partial charge in [-0.25, -0.2) is 4.98 Å². The molecule has 0 saturated carbocycles. The minimum absolute atomic E-state index is 0.375. The van der Waals surface area contributed by atoms with Crippen LogP contribution in [0.25, 0.3) is 0 Å². The molecule has 18 heavy (non-hydrogen) atoms. The topological polar surface area (TPSA) is 53.1 Å². The molecule has 0 aliphatic heterocycles. The van der Waals surface area contributed by atoms with E-state index in [2.05, 4.69) is 4.98 Å². The van der Waals surface area contributed by atoms with E-state index in [-0.39, 0.29) is 0 Å². The van der Waals surface area contributed by atoms with Gasteiger partial charge < -0.3 is 15.0 Å². The van der Waals surface area contributed by atoms with E-state index in [9.17, 15) is 0 Å². The van der Waals surface area contributed by atoms with Crippen molar-refractivity contribution < 1.29 is 4.74 Å². The van der Waals surface area contributed by atoms with Crippen molar-refractivity contribution in [3.8, 4) is 5.75 Å². The molecular weight excluding hydrogens is 250 g/mol. The number of aryl methyl sites for hydroxylation is 2. The molecule has 2 N–H and O–H groups in total. The number of rotatable bonds is 4. The van der Waals surface area contributed by atoms with Crippen LogP contribution in [0, 0.1) is 6.92 Å². The molecule has 4 nitrogen and oxygen atoms in total. The highest BCUT2D eigenvalue weighted by atomic mass is 35.5. The van der Waals surface area contributed by atoms with Crippen LogP contribution in [0.4, 0.5) is 0 Å². The summed E-state index contributed by atoms with van der Waals surface area (Å²) in [6.45, 7) is 2.80. The molecule has 0 spiro atoms. The lowest BCUT2D eigenvalue weighted by Gasteiger charge is -2.08. The number of imidazole rings is 1. The van der Waals surface area contributed by atoms with Gasteiger partial charge in [-0.1, -0.05) is 17.7 Å². The van der Waals surface area contributed by atoms with Crippen LogP contribution in [-0.4, -0.2) is 9.55 Å². The molecule has 0 fully saturated rings. The summed E-state index contributed by atoms with van der Waals surface area (Å²) in [5.41, 5.74) is 7.51. The Hall–Kier alpha value is -1.52. The quantitative estimate of drug-likeness (QED) is 0.924. The van der Waals surface area contributed by atoms with Crippen LogP contribution in [-0.2, 0) is 20.2 Å². The first-order chi connectivity index (χ1) is 8.60. The average molecular weight is 266 g/mol. The van der Waals surface area contributed by atoms with E-state index >= 15 is 0 Å². The second-order valence-electron chi connectivity index (χ2n) is 4.19. The molecular formula is C13H16ClN3O. The summed E-state index contributed by atoms with van der Waals surface area (Å²) in [7, 11) is 1.92. The summed E-state index contributed by atoms with van der Waals surface area (Å²) >= 11 is 6.06. The van der Waals surface area contributed by atoms with Crippen molar-refractivity contribution in [2.75, 3.05) is 0 Å². The van der Waals surface area contributed by atoms with Gasteiger partial charge in [-0.2, -0.15) is 0 Å². The first-order valence-electron chi connectivity index (χ1n) is 5.70. The molecule has 0 radical (unpaired) electrons. The zero-order valence-corrected chi connectivity index (χ0v) is 11.2. The largest absolute Gasteiger partial charge is 0.484 e. The van der Waals surface area contributed by atoms with Crippen molar-refractivity contribution in [2.45, 2.75) is 20.1 Å². The molecule has 0 saturated heterocycles. The molecule has 0 amide bonds. The number of nitrogens with zero attached hydrogens (tertiary/aromatic N) is 2. The van der Waals surface area contributed by atoms with Crippen molar-refractivity contribution >= 4 is 11.6 Å². The molecule has 5 heteroatoms. The van der Waals surface area contributed by atoms with Gasteiger partial charge in [0.1, 0.15) is 18.2 Å². The predicted molar refractivity (Wildman–Crippen MR) is 71.6 cm³/mol. The van der Waals surface area contributed by atoms with Crippen molar-refractivity contribution in [1.82, 2.24) is 9.55 Å². The number of hydrogen-bond acceptors (Lipinski definition) is 3. The molecule has 0 unspecified atom stereocenters. The van der Waals surface area contributed by atoms with Crippen LogP contribution in [0.3, 0.4) is 0 Å². The Labute approximate surface area is 111 Å². The van der Waals surface area contributed by atoms with Gasteiger partial charge in [0.2, 0.25) is 0 Å². The van der Waals surface area contributed by atoms with Gasteiger partial charge in [0, 0.05) is 19.8 Å². The fraction of sp³-hybridized carbons (Fsp3) is 0.308. The molecule has 0 aliphatic carbocycles. The summed E-state index contributed by atoms with van der Waals surface area (Å²) < 4.78 is 7.59. The first kappa shape index (κ1) is 12.9. The smallest absolute Gasteiger partial charge is 0.146 e. The third kappa shape index (κ3) is 2.83. The van der Waals surface area contributed by atoms with Gasteiger partial charge in [0.25, 0.3) is 0 Å². The van der Waals surface area contributed by atoms with Gasteiger partial charge in [0.15, 0.2) is 0 Å². The second-order valence-corrected chi connectivity index (χ2v) is 4.59. The number of benzene rings is 1. The lowest BCUT2D eigenvalue weighted by atomic mass is 10.2. The maximum absolute atomic E-state index is 6.06. The summed E-state index contributed by atoms with van der Waals surface area (Å²) in [6.07, 6.45) is 1.90. The minimum Gasteiger partial charge on any atom is -0.484 e. The second kappa shape index (κ2) is 5.42. The molecule has 1 aromatic heterocycles. The van der Waals surface area contributed by atoms with Crippen molar-refractivity contribution in [3.63, 3.8) is 0 Å². The van der Waals surface area contributed by atoms with Crippen molar-refractivity contribution in [2.24, 2.45) is 12.8 Å². The van der Waals surface area contributed by atoms with Gasteiger partial charge in [-0.15, -0.1) is 0 Å². The highest BCUT2D eigenvalue weighted by Gasteiger charge is 2.07. The van der Waals surface area contributed by atoms with Crippen LogP contribution in [0.15, 0.2) is 24.4 Å². The molecule has 1 heterocycles. The molecule has 2 rings (SSSR count). The normalized spacial score (nSPS) is 10.7. The Balaban J connectivity index is 2.11. The number of ether oxygens (including phenoxy) is 1. The Kier molecular flexibility index (Phi) is 3.89. The van der Waals surface area contributed by atoms with Gasteiger partial charge in [-0.3, -0.25) is 0 Å². The summed E-state index contributed by atoms with van der Waals surface area (Å²) in [5.74, 6) is 1.50. The van der Waals surface area contributed by atoms with Gasteiger partial charge in [0.05, 0.1) is 10.7 Å². The van der Waals surface area contributed by atoms with Crippen LogP contribution >= 0.6 is 11.6 Å². The Bertz CT molecular complexity index is 551. The van der Waals surface area contributed by atoms with E-state index < -0.39 is 0 Å². The van der Waals surface area contributed by atoms with Gasteiger partial charge in [-0.05, 0) is 24.6 Å². The fourth-order valence-electron chi connectivity index (χ4n) is 1.67. The molecule has 96 valence electrons. The monoisotopic (exact) mass is 265 g/mol. The maximum Gasteiger partial charge on any atom is 0.146 e. The van der Waals surface area contributed by atoms with E-state index in [4.69, 9.17) is 22.1 Å². The van der Waals surface area contributed by atoms with Crippen LogP contribution in [0.5, 0.6) is 5.75 Å². The minimum atomic E-state index is 0.375. The third-order valence-electron chi connectivity index (χ3n) is 2.68. The standard InChI is InChI=1S/C13H16ClN3O/c1-9-3-4-11(14)12(5-9)18-8-13-16-10(6-15)7-17(13)2/h3-5,7H,6,8,15H2,1-2H3. The van der Waals surface area contributed by atoms with E-state index in [1.54, 1.807) is 0 Å². The van der Waals surface area contributed by atoms with E-state index in [0.29, 0.717) is 23.9 Å². The number of aromatic nitrogens is 2. The predicted octanol–water partition coefficient (Wildman–Crippen LogP) is 2.42. The summed E-state index contributed by atoms with van der Waals surface area (Å²) in [6, 6.07) is 5.69. The van der Waals surface area contributed by atoms with Crippen LogP contribution < -0.4 is 10.5 Å². The zero-order valence-electron chi connectivity index (χ0n) is 10.5. The fourth-order valence-corrected chi connectivity index (χ4v) is 1.84. The lowest BCUT2D eigenvalue weighted by molar-refractivity contribution is 0.291. The van der Waals surface area contributed by atoms with Crippen molar-refractivity contribution in [3.05, 3.63) is 46.5 Å². The van der Waals surface area contributed by atoms with E-state index in [1.165, 1.54) is 0 Å². The molecule has 0 aliphatic rings. The SMILES string of the molecule is Cc1ccc(Cl)c(OCc2nc(CN)cn2C)c1. The van der Waals surface area contributed by atoms with Gasteiger partial charge >= 0.3 is 0 Å². The lowest BCUT2D eigenvalue weighted by Crippen LogP contribution is -2.03. The molecule has 1 aromatic carbocycles. The number of hydrogen-bond donors (Lipinski definition) is 1. The van der Waals surface area contributed by atoms with Crippen molar-refractivity contribution in [1.29, 1.82) is 0 Å². The Morgan fingerprint density at radius 1 is 1.44 bits per heavy atom. The number of halogens is 1. The van der Waals surface area contributed by atoms with E-state index in [0.717, 1.165) is 17.1 Å². The molecule has 2 aromatic rings. The molecule has 0 atom stereocenters.